The van der Waals surface area contributed by atoms with E-state index in [1.54, 1.807) is 0 Å². The molecule has 0 unspecified atom stereocenters. The van der Waals surface area contributed by atoms with Gasteiger partial charge in [0.25, 0.3) is 5.91 Å². The third-order valence-corrected chi connectivity index (χ3v) is 5.75. The number of carbonyl (C=O) groups excluding carboxylic acids is 1. The number of nitrogens with zero attached hydrogens (tertiary/aromatic N) is 3. The normalized spacial score (nSPS) is 19.2. The van der Waals surface area contributed by atoms with Gasteiger partial charge in [-0.25, -0.2) is 4.98 Å². The van der Waals surface area contributed by atoms with Crippen molar-refractivity contribution in [3.8, 4) is 0 Å². The van der Waals surface area contributed by atoms with Crippen molar-refractivity contribution in [3.63, 3.8) is 0 Å². The van der Waals surface area contributed by atoms with Gasteiger partial charge in [-0.2, -0.15) is 0 Å². The summed E-state index contributed by atoms with van der Waals surface area (Å²) < 4.78 is 7.60. The van der Waals surface area contributed by atoms with E-state index in [1.165, 1.54) is 5.56 Å². The van der Waals surface area contributed by atoms with Gasteiger partial charge < -0.3 is 15.0 Å². The molecule has 0 saturated carbocycles. The lowest BCUT2D eigenvalue weighted by Gasteiger charge is -2.35. The maximum atomic E-state index is 13.6. The number of allylic oxidation sites excluding steroid dienone is 1. The van der Waals surface area contributed by atoms with Crippen molar-refractivity contribution < 1.29 is 9.53 Å². The largest absolute Gasteiger partial charge is 0.378 e. The summed E-state index contributed by atoms with van der Waals surface area (Å²) in [7, 11) is 0. The molecule has 3 heterocycles. The van der Waals surface area contributed by atoms with E-state index in [0.29, 0.717) is 26.3 Å². The first kappa shape index (κ1) is 17.9. The third kappa shape index (κ3) is 3.00. The van der Waals surface area contributed by atoms with Gasteiger partial charge in [-0.15, -0.1) is 0 Å². The molecular weight excluding hydrogens is 364 g/mol. The van der Waals surface area contributed by atoms with Crippen molar-refractivity contribution >= 4 is 22.9 Å². The predicted octanol–water partition coefficient (Wildman–Crippen LogP) is 3.49. The van der Waals surface area contributed by atoms with E-state index < -0.39 is 0 Å². The monoisotopic (exact) mass is 388 g/mol. The zero-order chi connectivity index (χ0) is 20.0. The van der Waals surface area contributed by atoms with Gasteiger partial charge in [0.2, 0.25) is 5.95 Å². The fourth-order valence-corrected chi connectivity index (χ4v) is 4.24. The molecule has 2 aromatic carbocycles. The van der Waals surface area contributed by atoms with Gasteiger partial charge >= 0.3 is 0 Å². The summed E-state index contributed by atoms with van der Waals surface area (Å²) >= 11 is 0. The van der Waals surface area contributed by atoms with Crippen LogP contribution in [0, 0.1) is 6.92 Å². The Bertz CT molecular complexity index is 1110. The molecule has 1 atom stereocenters. The van der Waals surface area contributed by atoms with Crippen molar-refractivity contribution in [3.05, 3.63) is 70.9 Å². The molecule has 5 rings (SSSR count). The van der Waals surface area contributed by atoms with E-state index >= 15 is 0 Å². The lowest BCUT2D eigenvalue weighted by Crippen LogP contribution is -2.44. The zero-order valence-electron chi connectivity index (χ0n) is 16.7. The van der Waals surface area contributed by atoms with Gasteiger partial charge in [0, 0.05) is 18.8 Å². The number of imidazole rings is 1. The van der Waals surface area contributed by atoms with Crippen molar-refractivity contribution in [2.45, 2.75) is 19.9 Å². The maximum Gasteiger partial charge on any atom is 0.254 e. The molecule has 6 nitrogen and oxygen atoms in total. The van der Waals surface area contributed by atoms with Gasteiger partial charge in [0.1, 0.15) is 0 Å². The van der Waals surface area contributed by atoms with Crippen LogP contribution in [0.25, 0.3) is 11.0 Å². The van der Waals surface area contributed by atoms with E-state index in [2.05, 4.69) is 47.1 Å². The number of nitrogens with one attached hydrogen (secondary N) is 1. The second-order valence-corrected chi connectivity index (χ2v) is 7.68. The highest BCUT2D eigenvalue weighted by molar-refractivity contribution is 5.98. The average Bonchev–Trinajstić information content (AvgIpc) is 3.11. The molecule has 0 spiro atoms. The van der Waals surface area contributed by atoms with Crippen LogP contribution < -0.4 is 5.32 Å². The van der Waals surface area contributed by atoms with Crippen LogP contribution in [0.3, 0.4) is 0 Å². The van der Waals surface area contributed by atoms with Crippen LogP contribution in [-0.2, 0) is 9.53 Å². The Morgan fingerprint density at radius 3 is 2.55 bits per heavy atom. The highest BCUT2D eigenvalue weighted by Gasteiger charge is 2.36. The molecule has 2 aliphatic heterocycles. The molecule has 1 amide bonds. The minimum absolute atomic E-state index is 0.0623. The smallest absolute Gasteiger partial charge is 0.254 e. The molecule has 29 heavy (non-hydrogen) atoms. The van der Waals surface area contributed by atoms with E-state index in [0.717, 1.165) is 33.8 Å². The SMILES string of the molecule is CC1=C(C(=O)N2CCOCC2)[C@H](c2ccc(C)cc2)n2c(nc3ccccc32)N1. The molecule has 1 N–H and O–H groups in total. The maximum absolute atomic E-state index is 13.6. The number of morpholine rings is 1. The highest BCUT2D eigenvalue weighted by Crippen LogP contribution is 2.39. The molecule has 1 fully saturated rings. The minimum Gasteiger partial charge on any atom is -0.378 e. The number of para-hydroxylation sites is 2. The molecular formula is C23H24N4O2. The molecule has 148 valence electrons. The van der Waals surface area contributed by atoms with Gasteiger partial charge in [-0.3, -0.25) is 9.36 Å². The average molecular weight is 388 g/mol. The molecule has 3 aromatic rings. The summed E-state index contributed by atoms with van der Waals surface area (Å²) in [6, 6.07) is 16.3. The molecule has 0 bridgehead atoms. The summed E-state index contributed by atoms with van der Waals surface area (Å²) in [5.41, 5.74) is 5.83. The number of aromatic nitrogens is 2. The van der Waals surface area contributed by atoms with E-state index in [-0.39, 0.29) is 11.9 Å². The quantitative estimate of drug-likeness (QED) is 0.730. The van der Waals surface area contributed by atoms with E-state index in [1.807, 2.05) is 30.0 Å². The van der Waals surface area contributed by atoms with Gasteiger partial charge in [-0.1, -0.05) is 42.0 Å². The lowest BCUT2D eigenvalue weighted by molar-refractivity contribution is -0.131. The van der Waals surface area contributed by atoms with E-state index in [9.17, 15) is 4.79 Å². The standard InChI is InChI=1S/C23H24N4O2/c1-15-7-9-17(10-8-15)21-20(22(28)26-11-13-29-14-12-26)16(2)24-23-25-18-5-3-4-6-19(18)27(21)23/h3-10,21H,11-14H2,1-2H3,(H,24,25)/t21-/m0/s1. The van der Waals surface area contributed by atoms with Crippen molar-refractivity contribution in [1.29, 1.82) is 0 Å². The highest BCUT2D eigenvalue weighted by atomic mass is 16.5. The fourth-order valence-electron chi connectivity index (χ4n) is 4.24. The first-order chi connectivity index (χ1) is 14.1. The van der Waals surface area contributed by atoms with Gasteiger partial charge in [0.15, 0.2) is 0 Å². The Balaban J connectivity index is 1.69. The number of rotatable bonds is 2. The summed E-state index contributed by atoms with van der Waals surface area (Å²) in [6.07, 6.45) is 0. The van der Waals surface area contributed by atoms with Crippen LogP contribution in [0.5, 0.6) is 0 Å². The third-order valence-electron chi connectivity index (χ3n) is 5.75. The summed E-state index contributed by atoms with van der Waals surface area (Å²) in [4.78, 5) is 20.3. The van der Waals surface area contributed by atoms with Crippen LogP contribution >= 0.6 is 0 Å². The molecule has 0 radical (unpaired) electrons. The first-order valence-corrected chi connectivity index (χ1v) is 10.0. The molecule has 0 aliphatic carbocycles. The van der Waals surface area contributed by atoms with Crippen LogP contribution in [-0.4, -0.2) is 46.7 Å². The number of anilines is 1. The van der Waals surface area contributed by atoms with Gasteiger partial charge in [0.05, 0.1) is 35.9 Å². The van der Waals surface area contributed by atoms with Crippen molar-refractivity contribution in [1.82, 2.24) is 14.5 Å². The summed E-state index contributed by atoms with van der Waals surface area (Å²) in [6.45, 7) is 6.45. The number of hydrogen-bond donors (Lipinski definition) is 1. The molecule has 6 heteroatoms. The second kappa shape index (κ2) is 7.04. The number of fused-ring (bicyclic) bond motifs is 3. The minimum atomic E-state index is -0.227. The molecule has 2 aliphatic rings. The Hall–Kier alpha value is -3.12. The number of amides is 1. The Morgan fingerprint density at radius 1 is 1.07 bits per heavy atom. The number of hydrogen-bond acceptors (Lipinski definition) is 4. The first-order valence-electron chi connectivity index (χ1n) is 10.0. The van der Waals surface area contributed by atoms with Crippen LogP contribution in [0.1, 0.15) is 24.1 Å². The van der Waals surface area contributed by atoms with Crippen molar-refractivity contribution in [2.24, 2.45) is 0 Å². The predicted molar refractivity (Wildman–Crippen MR) is 113 cm³/mol. The van der Waals surface area contributed by atoms with Gasteiger partial charge in [-0.05, 0) is 31.5 Å². The number of ether oxygens (including phenoxy) is 1. The van der Waals surface area contributed by atoms with Crippen molar-refractivity contribution in [2.75, 3.05) is 31.6 Å². The number of benzene rings is 2. The fraction of sp³-hybridized carbons (Fsp3) is 0.304. The summed E-state index contributed by atoms with van der Waals surface area (Å²) in [5, 5.41) is 3.38. The number of aryl methyl sites for hydroxylation is 1. The number of carbonyl (C=O) groups is 1. The topological polar surface area (TPSA) is 59.4 Å². The Labute approximate surface area is 169 Å². The zero-order valence-corrected chi connectivity index (χ0v) is 16.7. The molecule has 1 saturated heterocycles. The second-order valence-electron chi connectivity index (χ2n) is 7.68. The lowest BCUT2D eigenvalue weighted by atomic mass is 9.93. The molecule has 1 aromatic heterocycles. The van der Waals surface area contributed by atoms with E-state index in [4.69, 9.17) is 9.72 Å². The van der Waals surface area contributed by atoms with Crippen LogP contribution in [0.15, 0.2) is 59.8 Å². The Kier molecular flexibility index (Phi) is 4.36. The van der Waals surface area contributed by atoms with Crippen LogP contribution in [0.2, 0.25) is 0 Å². The van der Waals surface area contributed by atoms with Crippen LogP contribution in [0.4, 0.5) is 5.95 Å². The summed E-state index contributed by atoms with van der Waals surface area (Å²) in [5.74, 6) is 0.833. The Morgan fingerprint density at radius 2 is 1.79 bits per heavy atom.